The molecule has 0 spiro atoms. The molecule has 0 aliphatic heterocycles. The summed E-state index contributed by atoms with van der Waals surface area (Å²) in [5.74, 6) is 2.57. The van der Waals surface area contributed by atoms with Gasteiger partial charge in [-0.25, -0.2) is 0 Å². The quantitative estimate of drug-likeness (QED) is 0.876. The molecule has 0 aromatic carbocycles. The van der Waals surface area contributed by atoms with Gasteiger partial charge in [0.15, 0.2) is 5.82 Å². The molecule has 3 rings (SSSR count). The topological polar surface area (TPSA) is 94.1 Å². The second-order valence-corrected chi connectivity index (χ2v) is 6.42. The predicted octanol–water partition coefficient (Wildman–Crippen LogP) is 2.50. The largest absolute Gasteiger partial charge is 0.338 e. The monoisotopic (exact) mass is 308 g/mol. The number of rotatable bonds is 6. The molecule has 0 radical (unpaired) electrons. The minimum absolute atomic E-state index is 0.141. The summed E-state index contributed by atoms with van der Waals surface area (Å²) < 4.78 is 10.1. The van der Waals surface area contributed by atoms with Gasteiger partial charge < -0.3 is 9.05 Å². The minimum atomic E-state index is -0.258. The zero-order chi connectivity index (χ0) is 14.8. The lowest BCUT2D eigenvalue weighted by atomic mass is 10.4. The number of hydrogen-bond donors (Lipinski definition) is 1. The number of aromatic nitrogens is 3. The molecule has 1 aliphatic rings. The molecule has 1 fully saturated rings. The van der Waals surface area contributed by atoms with Gasteiger partial charge >= 0.3 is 0 Å². The number of nitrogens with zero attached hydrogens (tertiary/aromatic N) is 3. The van der Waals surface area contributed by atoms with Crippen LogP contribution < -0.4 is 5.32 Å². The van der Waals surface area contributed by atoms with E-state index in [2.05, 4.69) is 20.6 Å². The lowest BCUT2D eigenvalue weighted by molar-refractivity contribution is -0.115. The number of hydrogen-bond acceptors (Lipinski definition) is 7. The van der Waals surface area contributed by atoms with E-state index in [9.17, 15) is 4.79 Å². The van der Waals surface area contributed by atoms with Gasteiger partial charge in [-0.15, -0.1) is 11.8 Å². The van der Waals surface area contributed by atoms with Crippen LogP contribution in [0, 0.1) is 6.92 Å². The van der Waals surface area contributed by atoms with Crippen molar-refractivity contribution in [3.05, 3.63) is 23.5 Å². The molecule has 21 heavy (non-hydrogen) atoms. The molecule has 1 N–H and O–H groups in total. The van der Waals surface area contributed by atoms with Crippen LogP contribution >= 0.6 is 11.8 Å². The third-order valence-corrected chi connectivity index (χ3v) is 4.25. The molecule has 0 saturated heterocycles. The lowest BCUT2D eigenvalue weighted by Crippen LogP contribution is -2.22. The van der Waals surface area contributed by atoms with E-state index in [1.54, 1.807) is 13.0 Å². The standard InChI is InChI=1S/C13H16N4O3S/c1-7-5-10(19-16-7)15-13(18)8(2)21-6-11-14-12(17-20-11)9-3-4-9/h5,8-9H,3-4,6H2,1-2H3,(H,15,18). The molecule has 1 aliphatic carbocycles. The first-order valence-corrected chi connectivity index (χ1v) is 7.85. The summed E-state index contributed by atoms with van der Waals surface area (Å²) in [4.78, 5) is 16.3. The van der Waals surface area contributed by atoms with E-state index in [1.165, 1.54) is 11.8 Å². The van der Waals surface area contributed by atoms with E-state index in [0.29, 0.717) is 23.4 Å². The van der Waals surface area contributed by atoms with E-state index in [0.717, 1.165) is 24.4 Å². The highest BCUT2D eigenvalue weighted by Crippen LogP contribution is 2.38. The van der Waals surface area contributed by atoms with E-state index in [1.807, 2.05) is 6.92 Å². The molecule has 1 unspecified atom stereocenters. The van der Waals surface area contributed by atoms with Crippen molar-refractivity contribution < 1.29 is 13.8 Å². The van der Waals surface area contributed by atoms with Gasteiger partial charge in [-0.05, 0) is 26.7 Å². The van der Waals surface area contributed by atoms with Crippen LogP contribution in [0.25, 0.3) is 0 Å². The summed E-state index contributed by atoms with van der Waals surface area (Å²) >= 11 is 1.44. The van der Waals surface area contributed by atoms with E-state index in [-0.39, 0.29) is 11.2 Å². The first-order chi connectivity index (χ1) is 10.1. The molecule has 0 bridgehead atoms. The van der Waals surface area contributed by atoms with Crippen LogP contribution in [0.5, 0.6) is 0 Å². The molecule has 112 valence electrons. The van der Waals surface area contributed by atoms with Gasteiger partial charge in [-0.3, -0.25) is 10.1 Å². The number of aryl methyl sites for hydroxylation is 1. The highest BCUT2D eigenvalue weighted by atomic mass is 32.2. The molecule has 8 heteroatoms. The first-order valence-electron chi connectivity index (χ1n) is 6.80. The second kappa shape index (κ2) is 5.88. The van der Waals surface area contributed by atoms with Crippen molar-refractivity contribution in [1.29, 1.82) is 0 Å². The zero-order valence-corrected chi connectivity index (χ0v) is 12.6. The van der Waals surface area contributed by atoms with Crippen LogP contribution in [0.1, 0.15) is 43.1 Å². The van der Waals surface area contributed by atoms with Crippen molar-refractivity contribution in [3.8, 4) is 0 Å². The highest BCUT2D eigenvalue weighted by molar-refractivity contribution is 7.99. The maximum absolute atomic E-state index is 12.0. The second-order valence-electron chi connectivity index (χ2n) is 5.10. The smallest absolute Gasteiger partial charge is 0.239 e. The molecular weight excluding hydrogens is 292 g/mol. The van der Waals surface area contributed by atoms with Crippen LogP contribution in [0.3, 0.4) is 0 Å². The van der Waals surface area contributed by atoms with Crippen LogP contribution in [-0.2, 0) is 10.5 Å². The van der Waals surface area contributed by atoms with Gasteiger partial charge in [0, 0.05) is 12.0 Å². The molecule has 7 nitrogen and oxygen atoms in total. The first kappa shape index (κ1) is 14.1. The molecule has 1 saturated carbocycles. The Morgan fingerprint density at radius 3 is 2.95 bits per heavy atom. The van der Waals surface area contributed by atoms with Crippen molar-refractivity contribution >= 4 is 23.6 Å². The predicted molar refractivity (Wildman–Crippen MR) is 76.9 cm³/mol. The van der Waals surface area contributed by atoms with Crippen LogP contribution in [0.4, 0.5) is 5.88 Å². The molecule has 1 atom stereocenters. The summed E-state index contributed by atoms with van der Waals surface area (Å²) in [7, 11) is 0. The van der Waals surface area contributed by atoms with Crippen molar-refractivity contribution in [1.82, 2.24) is 15.3 Å². The summed E-state index contributed by atoms with van der Waals surface area (Å²) in [6, 6.07) is 1.68. The minimum Gasteiger partial charge on any atom is -0.338 e. The summed E-state index contributed by atoms with van der Waals surface area (Å²) in [6.45, 7) is 3.62. The van der Waals surface area contributed by atoms with Crippen LogP contribution in [0.15, 0.2) is 15.1 Å². The average molecular weight is 308 g/mol. The fourth-order valence-electron chi connectivity index (χ4n) is 1.75. The number of carbonyl (C=O) groups is 1. The van der Waals surface area contributed by atoms with Crippen molar-refractivity contribution in [3.63, 3.8) is 0 Å². The Balaban J connectivity index is 1.48. The SMILES string of the molecule is Cc1cc(NC(=O)C(C)SCc2nc(C3CC3)no2)on1. The number of amides is 1. The lowest BCUT2D eigenvalue weighted by Gasteiger charge is -2.08. The van der Waals surface area contributed by atoms with Crippen molar-refractivity contribution in [2.24, 2.45) is 0 Å². The van der Waals surface area contributed by atoms with Crippen LogP contribution in [0.2, 0.25) is 0 Å². The Morgan fingerprint density at radius 2 is 2.29 bits per heavy atom. The normalized spacial score (nSPS) is 15.9. The van der Waals surface area contributed by atoms with Gasteiger partial charge in [-0.2, -0.15) is 4.98 Å². The number of anilines is 1. The maximum atomic E-state index is 12.0. The molecule has 1 amide bonds. The van der Waals surface area contributed by atoms with E-state index < -0.39 is 0 Å². The summed E-state index contributed by atoms with van der Waals surface area (Å²) in [6.07, 6.45) is 2.28. The Morgan fingerprint density at radius 1 is 1.48 bits per heavy atom. The molecule has 2 aromatic rings. The Labute approximate surface area is 125 Å². The number of thioether (sulfide) groups is 1. The van der Waals surface area contributed by atoms with Gasteiger partial charge in [0.2, 0.25) is 17.7 Å². The number of carbonyl (C=O) groups excluding carboxylic acids is 1. The number of nitrogens with one attached hydrogen (secondary N) is 1. The Hall–Kier alpha value is -1.83. The fourth-order valence-corrected chi connectivity index (χ4v) is 2.47. The third kappa shape index (κ3) is 3.63. The Bertz CT molecular complexity index is 635. The van der Waals surface area contributed by atoms with Gasteiger partial charge in [0.1, 0.15) is 0 Å². The van der Waals surface area contributed by atoms with Crippen molar-refractivity contribution in [2.45, 2.75) is 43.6 Å². The van der Waals surface area contributed by atoms with E-state index >= 15 is 0 Å². The molecule has 2 aromatic heterocycles. The third-order valence-electron chi connectivity index (χ3n) is 3.13. The van der Waals surface area contributed by atoms with Gasteiger partial charge in [-0.1, -0.05) is 10.3 Å². The van der Waals surface area contributed by atoms with Gasteiger partial charge in [0.25, 0.3) is 0 Å². The Kier molecular flexibility index (Phi) is 3.96. The van der Waals surface area contributed by atoms with E-state index in [4.69, 9.17) is 9.05 Å². The average Bonchev–Trinajstić information content (AvgIpc) is 3.07. The summed E-state index contributed by atoms with van der Waals surface area (Å²) in [5, 5.41) is 10.1. The maximum Gasteiger partial charge on any atom is 0.239 e. The highest BCUT2D eigenvalue weighted by Gasteiger charge is 2.28. The van der Waals surface area contributed by atoms with Crippen LogP contribution in [-0.4, -0.2) is 26.5 Å². The van der Waals surface area contributed by atoms with Crippen molar-refractivity contribution in [2.75, 3.05) is 5.32 Å². The molecular formula is C13H16N4O3S. The molecule has 2 heterocycles. The summed E-state index contributed by atoms with van der Waals surface area (Å²) in [5.41, 5.74) is 0.726. The zero-order valence-electron chi connectivity index (χ0n) is 11.8. The fraction of sp³-hybridized carbons (Fsp3) is 0.538. The van der Waals surface area contributed by atoms with Gasteiger partial charge in [0.05, 0.1) is 16.7 Å².